The number of hydrogen-bond donors (Lipinski definition) is 1. The monoisotopic (exact) mass is 186 g/mol. The molecule has 1 aliphatic rings. The van der Waals surface area contributed by atoms with E-state index in [9.17, 15) is 0 Å². The highest BCUT2D eigenvalue weighted by molar-refractivity contribution is 7.80. The first-order chi connectivity index (χ1) is 5.66. The Labute approximate surface area is 80.1 Å². The van der Waals surface area contributed by atoms with Crippen molar-refractivity contribution in [1.82, 2.24) is 4.90 Å². The van der Waals surface area contributed by atoms with Gasteiger partial charge in [0.15, 0.2) is 0 Å². The number of likely N-dealkylation sites (tertiary alicyclic amines) is 1. The van der Waals surface area contributed by atoms with Crippen LogP contribution < -0.4 is 5.73 Å². The number of nitrogens with zero attached hydrogens (tertiary/aromatic N) is 1. The minimum atomic E-state index is 0.370. The number of hydrogen-bond acceptors (Lipinski definition) is 2. The van der Waals surface area contributed by atoms with E-state index in [1.165, 1.54) is 12.8 Å². The van der Waals surface area contributed by atoms with E-state index in [4.69, 9.17) is 18.0 Å². The molecule has 1 rings (SSSR count). The average Bonchev–Trinajstić information content (AvgIpc) is 2.50. The molecule has 1 fully saturated rings. The van der Waals surface area contributed by atoms with Crippen LogP contribution in [0.4, 0.5) is 0 Å². The van der Waals surface area contributed by atoms with Gasteiger partial charge in [0, 0.05) is 6.04 Å². The van der Waals surface area contributed by atoms with Crippen LogP contribution in [0.5, 0.6) is 0 Å². The van der Waals surface area contributed by atoms with Gasteiger partial charge < -0.3 is 5.73 Å². The quantitative estimate of drug-likeness (QED) is 0.678. The molecule has 0 aromatic carbocycles. The highest BCUT2D eigenvalue weighted by atomic mass is 32.1. The van der Waals surface area contributed by atoms with E-state index in [1.807, 2.05) is 0 Å². The summed E-state index contributed by atoms with van der Waals surface area (Å²) in [6.07, 6.45) is 3.57. The normalized spacial score (nSPS) is 27.3. The second-order valence-electron chi connectivity index (χ2n) is 3.56. The third-order valence-electron chi connectivity index (χ3n) is 2.78. The second kappa shape index (κ2) is 4.19. The molecule has 2 atom stereocenters. The lowest BCUT2D eigenvalue weighted by molar-refractivity contribution is 0.225. The lowest BCUT2D eigenvalue weighted by Crippen LogP contribution is -2.43. The van der Waals surface area contributed by atoms with Crippen molar-refractivity contribution < 1.29 is 0 Å². The van der Waals surface area contributed by atoms with Gasteiger partial charge in [0.05, 0.1) is 11.0 Å². The fourth-order valence-corrected chi connectivity index (χ4v) is 2.11. The summed E-state index contributed by atoms with van der Waals surface area (Å²) in [5, 5.41) is 0. The molecule has 12 heavy (non-hydrogen) atoms. The molecule has 0 aromatic heterocycles. The summed E-state index contributed by atoms with van der Waals surface area (Å²) in [7, 11) is 0. The highest BCUT2D eigenvalue weighted by Gasteiger charge is 2.29. The molecule has 2 N–H and O–H groups in total. The molecule has 0 radical (unpaired) electrons. The first-order valence-electron chi connectivity index (χ1n) is 4.72. The van der Waals surface area contributed by atoms with E-state index < -0.39 is 0 Å². The van der Waals surface area contributed by atoms with Gasteiger partial charge in [-0.3, -0.25) is 4.90 Å². The maximum Gasteiger partial charge on any atom is 0.0902 e. The van der Waals surface area contributed by atoms with Gasteiger partial charge in [-0.05, 0) is 32.7 Å². The number of nitrogens with two attached hydrogens (primary N) is 1. The van der Waals surface area contributed by atoms with Crippen LogP contribution in [0.1, 0.15) is 33.1 Å². The molecule has 0 aliphatic carbocycles. The minimum Gasteiger partial charge on any atom is -0.392 e. The molecule has 70 valence electrons. The fraction of sp³-hybridized carbons (Fsp3) is 0.889. The van der Waals surface area contributed by atoms with Crippen LogP contribution in [0, 0.1) is 0 Å². The van der Waals surface area contributed by atoms with Gasteiger partial charge in [-0.25, -0.2) is 0 Å². The number of thiocarbonyl (C=S) groups is 1. The molecular weight excluding hydrogens is 168 g/mol. The van der Waals surface area contributed by atoms with Crippen molar-refractivity contribution in [3.8, 4) is 0 Å². The van der Waals surface area contributed by atoms with E-state index in [0.717, 1.165) is 13.0 Å². The molecule has 1 saturated heterocycles. The molecule has 0 bridgehead atoms. The predicted octanol–water partition coefficient (Wildman–Crippen LogP) is 1.54. The van der Waals surface area contributed by atoms with Gasteiger partial charge in [-0.1, -0.05) is 19.1 Å². The van der Waals surface area contributed by atoms with Gasteiger partial charge in [0.2, 0.25) is 0 Å². The van der Waals surface area contributed by atoms with Gasteiger partial charge in [0.1, 0.15) is 0 Å². The zero-order valence-electron chi connectivity index (χ0n) is 7.92. The Bertz CT molecular complexity index is 170. The van der Waals surface area contributed by atoms with Crippen LogP contribution in [0.15, 0.2) is 0 Å². The molecule has 1 aliphatic heterocycles. The molecule has 0 aromatic rings. The smallest absolute Gasteiger partial charge is 0.0902 e. The lowest BCUT2D eigenvalue weighted by Gasteiger charge is -2.29. The Morgan fingerprint density at radius 2 is 2.42 bits per heavy atom. The standard InChI is InChI=1S/C9H18N2S/c1-3-7(2)11-6-4-5-8(11)9(10)12/h7-8H,3-6H2,1-2H3,(H2,10,12). The van der Waals surface area contributed by atoms with Crippen molar-refractivity contribution in [1.29, 1.82) is 0 Å². The van der Waals surface area contributed by atoms with Crippen LogP contribution in [0.2, 0.25) is 0 Å². The molecule has 2 unspecified atom stereocenters. The topological polar surface area (TPSA) is 29.3 Å². The molecule has 0 spiro atoms. The Balaban J connectivity index is 2.57. The van der Waals surface area contributed by atoms with Gasteiger partial charge >= 0.3 is 0 Å². The van der Waals surface area contributed by atoms with Crippen molar-refractivity contribution in [2.45, 2.75) is 45.2 Å². The van der Waals surface area contributed by atoms with Crippen LogP contribution in [-0.4, -0.2) is 28.5 Å². The van der Waals surface area contributed by atoms with E-state index >= 15 is 0 Å². The third-order valence-corrected chi connectivity index (χ3v) is 3.05. The third kappa shape index (κ3) is 1.96. The predicted molar refractivity (Wildman–Crippen MR) is 56.3 cm³/mol. The van der Waals surface area contributed by atoms with Crippen molar-refractivity contribution in [3.05, 3.63) is 0 Å². The summed E-state index contributed by atoms with van der Waals surface area (Å²) in [6.45, 7) is 5.62. The van der Waals surface area contributed by atoms with Crippen molar-refractivity contribution >= 4 is 17.2 Å². The Hall–Kier alpha value is -0.150. The van der Waals surface area contributed by atoms with Crippen molar-refractivity contribution in [3.63, 3.8) is 0 Å². The average molecular weight is 186 g/mol. The van der Waals surface area contributed by atoms with Crippen molar-refractivity contribution in [2.24, 2.45) is 5.73 Å². The molecule has 1 heterocycles. The van der Waals surface area contributed by atoms with E-state index in [-0.39, 0.29) is 0 Å². The Morgan fingerprint density at radius 1 is 1.75 bits per heavy atom. The molecular formula is C9H18N2S. The van der Waals surface area contributed by atoms with Crippen LogP contribution >= 0.6 is 12.2 Å². The summed E-state index contributed by atoms with van der Waals surface area (Å²) in [4.78, 5) is 3.11. The van der Waals surface area contributed by atoms with E-state index in [2.05, 4.69) is 18.7 Å². The minimum absolute atomic E-state index is 0.370. The largest absolute Gasteiger partial charge is 0.392 e. The Morgan fingerprint density at radius 3 is 2.92 bits per heavy atom. The maximum absolute atomic E-state index is 5.67. The number of rotatable bonds is 3. The Kier molecular flexibility index (Phi) is 3.47. The van der Waals surface area contributed by atoms with E-state index in [0.29, 0.717) is 17.1 Å². The molecule has 0 saturated carbocycles. The molecule has 3 heteroatoms. The summed E-state index contributed by atoms with van der Waals surface area (Å²) < 4.78 is 0. The highest BCUT2D eigenvalue weighted by Crippen LogP contribution is 2.21. The van der Waals surface area contributed by atoms with Gasteiger partial charge in [-0.15, -0.1) is 0 Å². The van der Waals surface area contributed by atoms with Crippen LogP contribution in [-0.2, 0) is 0 Å². The summed E-state index contributed by atoms with van der Waals surface area (Å²) in [6, 6.07) is 0.994. The second-order valence-corrected chi connectivity index (χ2v) is 4.03. The zero-order valence-corrected chi connectivity index (χ0v) is 8.73. The first kappa shape index (κ1) is 9.93. The SMILES string of the molecule is CCC(C)N1CCCC1C(N)=S. The summed E-state index contributed by atoms with van der Waals surface area (Å²) in [5.74, 6) is 0. The lowest BCUT2D eigenvalue weighted by atomic mass is 10.1. The summed E-state index contributed by atoms with van der Waals surface area (Å²) in [5.41, 5.74) is 5.67. The maximum atomic E-state index is 5.67. The van der Waals surface area contributed by atoms with Crippen molar-refractivity contribution in [2.75, 3.05) is 6.54 Å². The van der Waals surface area contributed by atoms with E-state index in [1.54, 1.807) is 0 Å². The van der Waals surface area contributed by atoms with Gasteiger partial charge in [-0.2, -0.15) is 0 Å². The molecule has 2 nitrogen and oxygen atoms in total. The fourth-order valence-electron chi connectivity index (χ4n) is 1.86. The van der Waals surface area contributed by atoms with Crippen LogP contribution in [0.3, 0.4) is 0 Å². The van der Waals surface area contributed by atoms with Gasteiger partial charge in [0.25, 0.3) is 0 Å². The summed E-state index contributed by atoms with van der Waals surface area (Å²) >= 11 is 5.04. The van der Waals surface area contributed by atoms with Crippen LogP contribution in [0.25, 0.3) is 0 Å². The first-order valence-corrected chi connectivity index (χ1v) is 5.12. The molecule has 0 amide bonds. The zero-order chi connectivity index (χ0) is 9.14.